The van der Waals surface area contributed by atoms with Crippen LogP contribution in [-0.4, -0.2) is 25.3 Å². The van der Waals surface area contributed by atoms with Crippen LogP contribution < -0.4 is 5.32 Å². The molecule has 0 bridgehead atoms. The number of ether oxygens (including phenoxy) is 1. The van der Waals surface area contributed by atoms with Crippen molar-refractivity contribution in [2.45, 2.75) is 6.92 Å². The number of carbonyl (C=O) groups excluding carboxylic acids is 1. The molecular weight excluding hydrogens is 198 g/mol. The number of nitrogens with one attached hydrogen (secondary N) is 1. The summed E-state index contributed by atoms with van der Waals surface area (Å²) < 4.78 is 4.91. The van der Waals surface area contributed by atoms with Gasteiger partial charge in [-0.2, -0.15) is 0 Å². The van der Waals surface area contributed by atoms with Gasteiger partial charge < -0.3 is 10.1 Å². The molecule has 6 nitrogen and oxygen atoms in total. The van der Waals surface area contributed by atoms with Crippen molar-refractivity contribution >= 4 is 11.5 Å². The highest BCUT2D eigenvalue weighted by Crippen LogP contribution is 2.02. The van der Waals surface area contributed by atoms with Crippen LogP contribution in [0.2, 0.25) is 0 Å². The summed E-state index contributed by atoms with van der Waals surface area (Å²) in [5, 5.41) is 5.44. The average Bonchev–Trinajstić information content (AvgIpc) is 2.28. The lowest BCUT2D eigenvalue weighted by Crippen LogP contribution is -2.25. The molecule has 0 aliphatic carbocycles. The monoisotopic (exact) mass is 209 g/mol. The second-order valence-corrected chi connectivity index (χ2v) is 2.83. The lowest BCUT2D eigenvalue weighted by Gasteiger charge is -2.12. The number of rotatable bonds is 4. The molecule has 80 valence electrons. The van der Waals surface area contributed by atoms with Crippen LogP contribution in [0.1, 0.15) is 6.92 Å². The van der Waals surface area contributed by atoms with E-state index in [-0.39, 0.29) is 23.9 Å². The molecule has 15 heavy (non-hydrogen) atoms. The number of hydrogen-bond acceptors (Lipinski definition) is 6. The maximum atomic E-state index is 11.5. The smallest absolute Gasteiger partial charge is 0.205 e. The molecule has 6 heteroatoms. The molecule has 1 rings (SSSR count). The summed E-state index contributed by atoms with van der Waals surface area (Å²) in [5.74, 6) is 0.113. The van der Waals surface area contributed by atoms with Gasteiger partial charge in [0, 0.05) is 12.2 Å². The van der Waals surface area contributed by atoms with Gasteiger partial charge in [0.25, 0.3) is 0 Å². The predicted octanol–water partition coefficient (Wildman–Crippen LogP) is 0.715. The van der Waals surface area contributed by atoms with E-state index in [9.17, 15) is 9.70 Å². The molecule has 1 aliphatic heterocycles. The number of nitroso groups, excluding NO2 is 1. The number of allylic oxidation sites excluding steroid dienone is 3. The first-order chi connectivity index (χ1) is 7.17. The van der Waals surface area contributed by atoms with Crippen molar-refractivity contribution in [3.8, 4) is 0 Å². The zero-order valence-electron chi connectivity index (χ0n) is 8.48. The Morgan fingerprint density at radius 3 is 3.07 bits per heavy atom. The molecule has 0 saturated carbocycles. The second kappa shape index (κ2) is 5.04. The molecule has 0 radical (unpaired) electrons. The average molecular weight is 209 g/mol. The van der Waals surface area contributed by atoms with Crippen molar-refractivity contribution in [1.29, 1.82) is 0 Å². The predicted molar refractivity (Wildman–Crippen MR) is 55.1 cm³/mol. The highest BCUT2D eigenvalue weighted by molar-refractivity contribution is 6.48. The van der Waals surface area contributed by atoms with E-state index in [1.54, 1.807) is 0 Å². The van der Waals surface area contributed by atoms with Gasteiger partial charge in [-0.25, -0.2) is 0 Å². The SMILES string of the molecule is COC1=CC(C(=O)/C=C(/C)N=O)=NCN1. The summed E-state index contributed by atoms with van der Waals surface area (Å²) in [6, 6.07) is 0. The van der Waals surface area contributed by atoms with E-state index in [4.69, 9.17) is 4.74 Å². The lowest BCUT2D eigenvalue weighted by molar-refractivity contribution is -0.108. The van der Waals surface area contributed by atoms with Crippen molar-refractivity contribution in [2.24, 2.45) is 10.2 Å². The molecule has 0 aromatic heterocycles. The normalized spacial score (nSPS) is 16.0. The van der Waals surface area contributed by atoms with Crippen LogP contribution in [0.4, 0.5) is 0 Å². The molecule has 0 fully saturated rings. The van der Waals surface area contributed by atoms with E-state index < -0.39 is 0 Å². The maximum Gasteiger partial charge on any atom is 0.205 e. The number of hydrogen-bond donors (Lipinski definition) is 1. The van der Waals surface area contributed by atoms with E-state index in [0.717, 1.165) is 6.08 Å². The minimum absolute atomic E-state index is 0.119. The topological polar surface area (TPSA) is 80.1 Å². The highest BCUT2D eigenvalue weighted by Gasteiger charge is 2.12. The first-order valence-corrected chi connectivity index (χ1v) is 4.27. The van der Waals surface area contributed by atoms with Gasteiger partial charge >= 0.3 is 0 Å². The third kappa shape index (κ3) is 3.01. The van der Waals surface area contributed by atoms with Crippen LogP contribution >= 0.6 is 0 Å². The fourth-order valence-corrected chi connectivity index (χ4v) is 0.994. The number of nitrogens with zero attached hydrogens (tertiary/aromatic N) is 2. The largest absolute Gasteiger partial charge is 0.482 e. The van der Waals surface area contributed by atoms with Crippen LogP contribution in [0, 0.1) is 4.91 Å². The fraction of sp³-hybridized carbons (Fsp3) is 0.333. The first kappa shape index (κ1) is 11.1. The molecule has 0 aromatic rings. The summed E-state index contributed by atoms with van der Waals surface area (Å²) in [6.07, 6.45) is 2.61. The molecule has 1 aliphatic rings. The van der Waals surface area contributed by atoms with Gasteiger partial charge in [-0.1, -0.05) is 0 Å². The zero-order chi connectivity index (χ0) is 11.3. The molecular formula is C9H11N3O3. The van der Waals surface area contributed by atoms with E-state index in [2.05, 4.69) is 15.5 Å². The van der Waals surface area contributed by atoms with E-state index >= 15 is 0 Å². The molecule has 1 N–H and O–H groups in total. The van der Waals surface area contributed by atoms with Gasteiger partial charge in [-0.05, 0) is 12.1 Å². The van der Waals surface area contributed by atoms with Crippen molar-refractivity contribution in [3.63, 3.8) is 0 Å². The van der Waals surface area contributed by atoms with Gasteiger partial charge in [0.15, 0.2) is 5.88 Å². The summed E-state index contributed by atoms with van der Waals surface area (Å²) in [4.78, 5) is 25.5. The number of carbonyl (C=O) groups is 1. The molecule has 0 aromatic carbocycles. The molecule has 0 saturated heterocycles. The van der Waals surface area contributed by atoms with Crippen LogP contribution in [-0.2, 0) is 9.53 Å². The minimum atomic E-state index is -0.358. The Morgan fingerprint density at radius 1 is 1.73 bits per heavy atom. The number of ketones is 1. The van der Waals surface area contributed by atoms with Crippen LogP contribution in [0.5, 0.6) is 0 Å². The Balaban J connectivity index is 2.81. The summed E-state index contributed by atoms with van der Waals surface area (Å²) in [5.41, 5.74) is 0.363. The highest BCUT2D eigenvalue weighted by atomic mass is 16.5. The van der Waals surface area contributed by atoms with Crippen LogP contribution in [0.25, 0.3) is 0 Å². The van der Waals surface area contributed by atoms with E-state index in [0.29, 0.717) is 5.88 Å². The van der Waals surface area contributed by atoms with Gasteiger partial charge in [-0.3, -0.25) is 9.79 Å². The molecule has 1 heterocycles. The van der Waals surface area contributed by atoms with Crippen molar-refractivity contribution in [3.05, 3.63) is 28.6 Å². The minimum Gasteiger partial charge on any atom is -0.482 e. The molecule has 0 atom stereocenters. The zero-order valence-corrected chi connectivity index (χ0v) is 8.48. The Kier molecular flexibility index (Phi) is 3.73. The quantitative estimate of drug-likeness (QED) is 0.546. The Morgan fingerprint density at radius 2 is 2.47 bits per heavy atom. The summed E-state index contributed by atoms with van der Waals surface area (Å²) in [7, 11) is 1.49. The molecule has 0 amide bonds. The molecule has 0 spiro atoms. The van der Waals surface area contributed by atoms with Gasteiger partial charge in [0.2, 0.25) is 5.78 Å². The van der Waals surface area contributed by atoms with E-state index in [1.165, 1.54) is 20.1 Å². The third-order valence-electron chi connectivity index (χ3n) is 1.73. The maximum absolute atomic E-state index is 11.5. The molecule has 0 unspecified atom stereocenters. The number of methoxy groups -OCH3 is 1. The van der Waals surface area contributed by atoms with E-state index in [1.807, 2.05) is 0 Å². The van der Waals surface area contributed by atoms with Crippen molar-refractivity contribution < 1.29 is 9.53 Å². The third-order valence-corrected chi connectivity index (χ3v) is 1.73. The Labute approximate surface area is 86.7 Å². The summed E-state index contributed by atoms with van der Waals surface area (Å²) >= 11 is 0. The number of aliphatic imine (C=N–C) groups is 1. The van der Waals surface area contributed by atoms with Gasteiger partial charge in [0.1, 0.15) is 12.4 Å². The summed E-state index contributed by atoms with van der Waals surface area (Å²) in [6.45, 7) is 1.73. The van der Waals surface area contributed by atoms with Gasteiger partial charge in [0.05, 0.1) is 12.8 Å². The van der Waals surface area contributed by atoms with Crippen LogP contribution in [0.15, 0.2) is 33.9 Å². The lowest BCUT2D eigenvalue weighted by atomic mass is 10.2. The Hall–Kier alpha value is -1.98. The fourth-order valence-electron chi connectivity index (χ4n) is 0.994. The van der Waals surface area contributed by atoms with Crippen LogP contribution in [0.3, 0.4) is 0 Å². The standard InChI is InChI=1S/C9H11N3O3/c1-6(12-14)3-8(13)7-4-9(15-2)11-5-10-7/h3-4,11H,5H2,1-2H3/b6-3-. The second-order valence-electron chi connectivity index (χ2n) is 2.83. The first-order valence-electron chi connectivity index (χ1n) is 4.27. The Bertz CT molecular complexity index is 369. The van der Waals surface area contributed by atoms with Crippen molar-refractivity contribution in [2.75, 3.05) is 13.8 Å². The van der Waals surface area contributed by atoms with Crippen molar-refractivity contribution in [1.82, 2.24) is 5.32 Å². The van der Waals surface area contributed by atoms with Gasteiger partial charge in [-0.15, -0.1) is 4.91 Å².